The maximum Gasteiger partial charge on any atom is 0.338 e. The third kappa shape index (κ3) is 3.79. The number of rotatable bonds is 5. The normalized spacial score (nSPS) is 11.2. The third-order valence-corrected chi connectivity index (χ3v) is 5.27. The number of ether oxygens (including phenoxy) is 2. The van der Waals surface area contributed by atoms with Gasteiger partial charge in [0.05, 0.1) is 31.2 Å². The number of carbonyl (C=O) groups excluding carboxylic acids is 1. The van der Waals surface area contributed by atoms with E-state index in [0.717, 1.165) is 4.57 Å². The molecule has 3 aromatic heterocycles. The number of carbonyl (C=O) groups is 1. The van der Waals surface area contributed by atoms with E-state index in [1.54, 1.807) is 25.1 Å². The predicted octanol–water partition coefficient (Wildman–Crippen LogP) is 1.74. The summed E-state index contributed by atoms with van der Waals surface area (Å²) < 4.78 is 17.7. The summed E-state index contributed by atoms with van der Waals surface area (Å²) in [6.45, 7) is 3.69. The third-order valence-electron chi connectivity index (χ3n) is 5.27. The highest BCUT2D eigenvalue weighted by molar-refractivity contribution is 6.02. The molecule has 3 heterocycles. The van der Waals surface area contributed by atoms with Crippen LogP contribution in [0.25, 0.3) is 22.0 Å². The molecule has 0 spiro atoms. The predicted molar refractivity (Wildman–Crippen MR) is 120 cm³/mol. The van der Waals surface area contributed by atoms with Crippen LogP contribution in [0.4, 0.5) is 0 Å². The molecule has 0 fully saturated rings. The zero-order valence-electron chi connectivity index (χ0n) is 18.5. The molecule has 0 atom stereocenters. The highest BCUT2D eigenvalue weighted by Crippen LogP contribution is 2.23. The van der Waals surface area contributed by atoms with Crippen molar-refractivity contribution in [2.45, 2.75) is 20.4 Å². The number of nitrogens with zero attached hydrogens (tertiary/aromatic N) is 3. The van der Waals surface area contributed by atoms with E-state index in [1.807, 2.05) is 6.92 Å². The minimum absolute atomic E-state index is 0.00501. The van der Waals surface area contributed by atoms with Gasteiger partial charge >= 0.3 is 17.3 Å². The maximum absolute atomic E-state index is 13.4. The van der Waals surface area contributed by atoms with Crippen LogP contribution >= 0.6 is 0 Å². The first-order chi connectivity index (χ1) is 15.7. The zero-order chi connectivity index (χ0) is 23.9. The van der Waals surface area contributed by atoms with Crippen molar-refractivity contribution < 1.29 is 18.7 Å². The van der Waals surface area contributed by atoms with Crippen LogP contribution in [0.2, 0.25) is 0 Å². The molecule has 4 rings (SSSR count). The minimum Gasteiger partial charge on any atom is -0.494 e. The number of hydrogen-bond donors (Lipinski definition) is 0. The molecule has 10 heteroatoms. The van der Waals surface area contributed by atoms with Gasteiger partial charge in [-0.25, -0.2) is 19.4 Å². The first-order valence-corrected chi connectivity index (χ1v) is 10.1. The molecule has 0 unspecified atom stereocenters. The van der Waals surface area contributed by atoms with E-state index in [9.17, 15) is 19.2 Å². The van der Waals surface area contributed by atoms with E-state index in [2.05, 4.69) is 4.98 Å². The zero-order valence-corrected chi connectivity index (χ0v) is 18.5. The van der Waals surface area contributed by atoms with E-state index in [0.29, 0.717) is 34.6 Å². The number of aryl methyl sites for hydroxylation is 2. The van der Waals surface area contributed by atoms with Crippen LogP contribution in [0.5, 0.6) is 5.75 Å². The van der Waals surface area contributed by atoms with Gasteiger partial charge in [0.15, 0.2) is 0 Å². The molecule has 4 aromatic rings. The Labute approximate surface area is 186 Å². The van der Waals surface area contributed by atoms with Gasteiger partial charge in [0.2, 0.25) is 0 Å². The quantitative estimate of drug-likeness (QED) is 0.332. The molecule has 0 amide bonds. The summed E-state index contributed by atoms with van der Waals surface area (Å²) in [5.41, 5.74) is -0.791. The van der Waals surface area contributed by atoms with Crippen LogP contribution in [-0.4, -0.2) is 33.8 Å². The highest BCUT2D eigenvalue weighted by atomic mass is 16.5. The fraction of sp³-hybridized carbons (Fsp3) is 0.261. The molecule has 33 heavy (non-hydrogen) atoms. The molecule has 0 radical (unpaired) electrons. The van der Waals surface area contributed by atoms with Crippen LogP contribution in [0, 0.1) is 6.92 Å². The van der Waals surface area contributed by atoms with Gasteiger partial charge in [-0.1, -0.05) is 0 Å². The molecular formula is C23H21N3O7. The van der Waals surface area contributed by atoms with Crippen molar-refractivity contribution in [1.29, 1.82) is 0 Å². The maximum atomic E-state index is 13.4. The van der Waals surface area contributed by atoms with Crippen molar-refractivity contribution >= 4 is 28.0 Å². The Morgan fingerprint density at radius 3 is 2.61 bits per heavy atom. The van der Waals surface area contributed by atoms with E-state index >= 15 is 0 Å². The fourth-order valence-corrected chi connectivity index (χ4v) is 3.78. The topological polar surface area (TPSA) is 123 Å². The van der Waals surface area contributed by atoms with Gasteiger partial charge in [-0.15, -0.1) is 0 Å². The van der Waals surface area contributed by atoms with Gasteiger partial charge in [0, 0.05) is 24.2 Å². The molecular weight excluding hydrogens is 430 g/mol. The highest BCUT2D eigenvalue weighted by Gasteiger charge is 2.21. The van der Waals surface area contributed by atoms with E-state index in [1.165, 1.54) is 30.9 Å². The van der Waals surface area contributed by atoms with Gasteiger partial charge in [0.1, 0.15) is 17.0 Å². The van der Waals surface area contributed by atoms with Crippen LogP contribution in [-0.2, 0) is 18.3 Å². The van der Waals surface area contributed by atoms with E-state index in [4.69, 9.17) is 13.9 Å². The lowest BCUT2D eigenvalue weighted by atomic mass is 10.1. The minimum atomic E-state index is -0.722. The van der Waals surface area contributed by atoms with Crippen molar-refractivity contribution in [3.05, 3.63) is 78.4 Å². The summed E-state index contributed by atoms with van der Waals surface area (Å²) in [6, 6.07) is 7.59. The second-order valence-electron chi connectivity index (χ2n) is 7.42. The smallest absolute Gasteiger partial charge is 0.338 e. The fourth-order valence-electron chi connectivity index (χ4n) is 3.78. The molecule has 1 aromatic carbocycles. The molecule has 10 nitrogen and oxygen atoms in total. The average molecular weight is 451 g/mol. The number of pyridine rings is 1. The molecule has 0 aliphatic heterocycles. The molecule has 0 N–H and O–H groups in total. The van der Waals surface area contributed by atoms with Crippen molar-refractivity contribution in [1.82, 2.24) is 14.1 Å². The first-order valence-electron chi connectivity index (χ1n) is 10.1. The summed E-state index contributed by atoms with van der Waals surface area (Å²) in [5, 5.41) is 0.474. The Hall–Kier alpha value is -4.21. The van der Waals surface area contributed by atoms with Gasteiger partial charge < -0.3 is 13.9 Å². The van der Waals surface area contributed by atoms with Crippen molar-refractivity contribution in [2.75, 3.05) is 13.7 Å². The Kier molecular flexibility index (Phi) is 5.59. The average Bonchev–Trinajstić information content (AvgIpc) is 2.79. The van der Waals surface area contributed by atoms with Crippen molar-refractivity contribution in [3.63, 3.8) is 0 Å². The first kappa shape index (κ1) is 22.0. The second-order valence-corrected chi connectivity index (χ2v) is 7.42. The Morgan fingerprint density at radius 1 is 1.15 bits per heavy atom. The second kappa shape index (κ2) is 8.38. The number of fused-ring (bicyclic) bond motifs is 2. The van der Waals surface area contributed by atoms with Gasteiger partial charge in [-0.05, 0) is 43.7 Å². The summed E-state index contributed by atoms with van der Waals surface area (Å²) in [7, 11) is 2.66. The molecule has 0 aliphatic rings. The van der Waals surface area contributed by atoms with Gasteiger partial charge in [0.25, 0.3) is 5.56 Å². The van der Waals surface area contributed by atoms with Crippen LogP contribution in [0.1, 0.15) is 28.5 Å². The number of benzene rings is 1. The van der Waals surface area contributed by atoms with Gasteiger partial charge in [-0.3, -0.25) is 13.9 Å². The number of hydrogen-bond acceptors (Lipinski definition) is 8. The SMILES string of the molecule is CCOc1ccc2oc(=O)cc(Cn3c(=O)c4c(C(=O)OC)cc(C)nc4n(C)c3=O)c2c1. The molecule has 0 saturated heterocycles. The number of methoxy groups -OCH3 is 1. The van der Waals surface area contributed by atoms with Crippen molar-refractivity contribution in [3.8, 4) is 5.75 Å². The van der Waals surface area contributed by atoms with Crippen molar-refractivity contribution in [2.24, 2.45) is 7.05 Å². The van der Waals surface area contributed by atoms with Crippen LogP contribution in [0.3, 0.4) is 0 Å². The summed E-state index contributed by atoms with van der Waals surface area (Å²) in [4.78, 5) is 55.3. The van der Waals surface area contributed by atoms with E-state index in [-0.39, 0.29) is 23.1 Å². The Morgan fingerprint density at radius 2 is 1.91 bits per heavy atom. The van der Waals surface area contributed by atoms with Crippen LogP contribution < -0.4 is 21.6 Å². The molecule has 0 aliphatic carbocycles. The number of esters is 1. The molecule has 0 saturated carbocycles. The van der Waals surface area contributed by atoms with E-state index < -0.39 is 22.8 Å². The lowest BCUT2D eigenvalue weighted by Gasteiger charge is -2.14. The summed E-state index contributed by atoms with van der Waals surface area (Å²) in [6.07, 6.45) is 0. The monoisotopic (exact) mass is 451 g/mol. The number of aromatic nitrogens is 3. The molecule has 0 bridgehead atoms. The van der Waals surface area contributed by atoms with Crippen LogP contribution in [0.15, 0.2) is 49.1 Å². The Balaban J connectivity index is 2.01. The van der Waals surface area contributed by atoms with Gasteiger partial charge in [-0.2, -0.15) is 0 Å². The summed E-state index contributed by atoms with van der Waals surface area (Å²) in [5.74, 6) is -0.175. The lowest BCUT2D eigenvalue weighted by Crippen LogP contribution is -2.40. The Bertz CT molecular complexity index is 1590. The standard InChI is InChI=1S/C23H21N3O7/c1-5-32-14-6-7-17-15(10-14)13(9-18(27)33-17)11-26-21(28)19-16(22(29)31-4)8-12(2)24-20(19)25(3)23(26)30/h6-10H,5,11H2,1-4H3. The summed E-state index contributed by atoms with van der Waals surface area (Å²) >= 11 is 0. The largest absolute Gasteiger partial charge is 0.494 e. The molecule has 170 valence electrons. The lowest BCUT2D eigenvalue weighted by molar-refractivity contribution is 0.0602.